The van der Waals surface area contributed by atoms with Crippen molar-refractivity contribution in [1.29, 1.82) is 0 Å². The minimum atomic E-state index is -0.990. The smallest absolute Gasteiger partial charge is 0.335 e. The Bertz CT molecular complexity index is 685. The summed E-state index contributed by atoms with van der Waals surface area (Å²) < 4.78 is 5.31. The van der Waals surface area contributed by atoms with Crippen LogP contribution in [-0.4, -0.2) is 17.0 Å². The predicted molar refractivity (Wildman–Crippen MR) is 77.7 cm³/mol. The second-order valence-electron chi connectivity index (χ2n) is 4.51. The highest BCUT2D eigenvalue weighted by molar-refractivity contribution is 5.91. The summed E-state index contributed by atoms with van der Waals surface area (Å²) in [5.74, 6) is 0.122. The molecule has 0 bridgehead atoms. The summed E-state index contributed by atoms with van der Waals surface area (Å²) in [5, 5.41) is 11.6. The third-order valence-corrected chi connectivity index (χ3v) is 2.80. The van der Waals surface area contributed by atoms with Crippen LogP contribution in [0.5, 0.6) is 0 Å². The molecule has 0 atom stereocenters. The fourth-order valence-electron chi connectivity index (χ4n) is 1.76. The summed E-state index contributed by atoms with van der Waals surface area (Å²) in [6, 6.07) is 10.0. The van der Waals surface area contributed by atoms with Crippen molar-refractivity contribution in [3.63, 3.8) is 0 Å². The summed E-state index contributed by atoms with van der Waals surface area (Å²) in [5.41, 5.74) is 0.925. The average Bonchev–Trinajstić information content (AvgIpc) is 2.89. The molecule has 0 aliphatic rings. The Hall–Kier alpha value is -2.82. The van der Waals surface area contributed by atoms with Gasteiger partial charge in [0.25, 0.3) is 0 Å². The fraction of sp³-hybridized carbons (Fsp3) is 0.125. The summed E-state index contributed by atoms with van der Waals surface area (Å²) in [4.78, 5) is 22.5. The highest BCUT2D eigenvalue weighted by Crippen LogP contribution is 2.08. The zero-order valence-corrected chi connectivity index (χ0v) is 11.5. The van der Waals surface area contributed by atoms with Crippen molar-refractivity contribution in [2.45, 2.75) is 13.5 Å². The molecular formula is C16H15NO4. The number of aromatic carboxylic acids is 1. The van der Waals surface area contributed by atoms with Gasteiger partial charge in [-0.3, -0.25) is 4.79 Å². The van der Waals surface area contributed by atoms with Gasteiger partial charge >= 0.3 is 5.97 Å². The first-order valence-electron chi connectivity index (χ1n) is 6.39. The Morgan fingerprint density at radius 1 is 1.29 bits per heavy atom. The van der Waals surface area contributed by atoms with Gasteiger partial charge in [-0.1, -0.05) is 12.1 Å². The average molecular weight is 285 g/mol. The minimum Gasteiger partial charge on any atom is -0.478 e. The highest BCUT2D eigenvalue weighted by Gasteiger charge is 2.04. The first-order chi connectivity index (χ1) is 10.0. The molecule has 1 aromatic heterocycles. The van der Waals surface area contributed by atoms with Gasteiger partial charge in [0.1, 0.15) is 11.5 Å². The van der Waals surface area contributed by atoms with Crippen LogP contribution < -0.4 is 5.32 Å². The van der Waals surface area contributed by atoms with Crippen molar-refractivity contribution >= 4 is 18.0 Å². The molecule has 0 unspecified atom stereocenters. The van der Waals surface area contributed by atoms with Gasteiger partial charge in [0.2, 0.25) is 5.91 Å². The Morgan fingerprint density at radius 2 is 2.10 bits per heavy atom. The maximum Gasteiger partial charge on any atom is 0.335 e. The lowest BCUT2D eigenvalue weighted by Gasteiger charge is -2.03. The van der Waals surface area contributed by atoms with E-state index in [1.807, 2.05) is 13.0 Å². The van der Waals surface area contributed by atoms with Gasteiger partial charge in [0, 0.05) is 12.6 Å². The molecule has 21 heavy (non-hydrogen) atoms. The summed E-state index contributed by atoms with van der Waals surface area (Å²) in [7, 11) is 0. The molecular weight excluding hydrogens is 270 g/mol. The van der Waals surface area contributed by atoms with Gasteiger partial charge in [0.05, 0.1) is 5.56 Å². The Labute approximate surface area is 121 Å². The van der Waals surface area contributed by atoms with E-state index in [0.717, 1.165) is 11.3 Å². The van der Waals surface area contributed by atoms with Crippen LogP contribution in [0.25, 0.3) is 6.08 Å². The lowest BCUT2D eigenvalue weighted by molar-refractivity contribution is -0.116. The number of carbonyl (C=O) groups is 2. The number of aryl methyl sites for hydroxylation is 1. The van der Waals surface area contributed by atoms with Gasteiger partial charge < -0.3 is 14.8 Å². The maximum atomic E-state index is 11.7. The Balaban J connectivity index is 1.90. The van der Waals surface area contributed by atoms with Crippen LogP contribution in [0.15, 0.2) is 46.9 Å². The van der Waals surface area contributed by atoms with E-state index in [1.165, 1.54) is 18.2 Å². The zero-order chi connectivity index (χ0) is 15.2. The normalized spacial score (nSPS) is 10.7. The molecule has 0 saturated carbocycles. The van der Waals surface area contributed by atoms with Crippen molar-refractivity contribution in [1.82, 2.24) is 5.32 Å². The van der Waals surface area contributed by atoms with E-state index >= 15 is 0 Å². The van der Waals surface area contributed by atoms with Crippen LogP contribution in [0.3, 0.4) is 0 Å². The Morgan fingerprint density at radius 3 is 2.76 bits per heavy atom. The number of amides is 1. The van der Waals surface area contributed by atoms with Crippen molar-refractivity contribution < 1.29 is 19.1 Å². The van der Waals surface area contributed by atoms with Gasteiger partial charge in [-0.05, 0) is 42.8 Å². The number of hydrogen-bond acceptors (Lipinski definition) is 3. The minimum absolute atomic E-state index is 0.198. The van der Waals surface area contributed by atoms with Gasteiger partial charge in [-0.15, -0.1) is 0 Å². The quantitative estimate of drug-likeness (QED) is 0.828. The van der Waals surface area contributed by atoms with Crippen LogP contribution >= 0.6 is 0 Å². The van der Waals surface area contributed by atoms with E-state index in [-0.39, 0.29) is 18.0 Å². The highest BCUT2D eigenvalue weighted by atomic mass is 16.4. The van der Waals surface area contributed by atoms with E-state index < -0.39 is 5.97 Å². The molecule has 1 heterocycles. The Kier molecular flexibility index (Phi) is 4.56. The predicted octanol–water partition coefficient (Wildman–Crippen LogP) is 2.62. The number of carboxylic acid groups (broad SMARTS) is 1. The number of rotatable bonds is 5. The molecule has 0 radical (unpaired) electrons. The largest absolute Gasteiger partial charge is 0.478 e. The lowest BCUT2D eigenvalue weighted by atomic mass is 10.1. The number of carbonyl (C=O) groups excluding carboxylic acids is 1. The second-order valence-corrected chi connectivity index (χ2v) is 4.51. The topological polar surface area (TPSA) is 79.5 Å². The molecule has 1 aromatic carbocycles. The summed E-state index contributed by atoms with van der Waals surface area (Å²) in [6.07, 6.45) is 2.95. The SMILES string of the molecule is Cc1ccc(/C=C/C(=O)NCc2cccc(C(=O)O)c2)o1. The molecule has 108 valence electrons. The number of furan rings is 1. The molecule has 1 amide bonds. The molecule has 0 fully saturated rings. The van der Waals surface area contributed by atoms with Crippen molar-refractivity contribution in [3.8, 4) is 0 Å². The van der Waals surface area contributed by atoms with E-state index in [0.29, 0.717) is 5.76 Å². The molecule has 2 aromatic rings. The van der Waals surface area contributed by atoms with E-state index in [2.05, 4.69) is 5.32 Å². The lowest BCUT2D eigenvalue weighted by Crippen LogP contribution is -2.20. The number of hydrogen-bond donors (Lipinski definition) is 2. The molecule has 2 rings (SSSR count). The van der Waals surface area contributed by atoms with Gasteiger partial charge in [-0.2, -0.15) is 0 Å². The maximum absolute atomic E-state index is 11.7. The summed E-state index contributed by atoms with van der Waals surface area (Å²) >= 11 is 0. The molecule has 0 aliphatic carbocycles. The molecule has 2 N–H and O–H groups in total. The monoisotopic (exact) mass is 285 g/mol. The molecule has 5 nitrogen and oxygen atoms in total. The summed E-state index contributed by atoms with van der Waals surface area (Å²) in [6.45, 7) is 2.09. The van der Waals surface area contributed by atoms with Crippen molar-refractivity contribution in [2.75, 3.05) is 0 Å². The third-order valence-electron chi connectivity index (χ3n) is 2.80. The van der Waals surface area contributed by atoms with Crippen molar-refractivity contribution in [3.05, 3.63) is 65.1 Å². The number of nitrogens with one attached hydrogen (secondary N) is 1. The van der Waals surface area contributed by atoms with Crippen molar-refractivity contribution in [2.24, 2.45) is 0 Å². The van der Waals surface area contributed by atoms with Crippen LogP contribution in [0.4, 0.5) is 0 Å². The van der Waals surface area contributed by atoms with Gasteiger partial charge in [0.15, 0.2) is 0 Å². The molecule has 5 heteroatoms. The van der Waals surface area contributed by atoms with Crippen LogP contribution in [0.2, 0.25) is 0 Å². The van der Waals surface area contributed by atoms with E-state index in [4.69, 9.17) is 9.52 Å². The van der Waals surface area contributed by atoms with Gasteiger partial charge in [-0.25, -0.2) is 4.79 Å². The van der Waals surface area contributed by atoms with Crippen LogP contribution in [0, 0.1) is 6.92 Å². The first kappa shape index (κ1) is 14.6. The standard InChI is InChI=1S/C16H15NO4/c1-11-5-6-14(21-11)7-8-15(18)17-10-12-3-2-4-13(9-12)16(19)20/h2-9H,10H2,1H3,(H,17,18)(H,19,20)/b8-7+. The molecule has 0 aliphatic heterocycles. The third kappa shape index (κ3) is 4.35. The van der Waals surface area contributed by atoms with Crippen LogP contribution in [0.1, 0.15) is 27.4 Å². The molecule has 0 saturated heterocycles. The zero-order valence-electron chi connectivity index (χ0n) is 11.5. The second kappa shape index (κ2) is 6.56. The number of carboxylic acids is 1. The molecule has 0 spiro atoms. The van der Waals surface area contributed by atoms with Crippen LogP contribution in [-0.2, 0) is 11.3 Å². The number of benzene rings is 1. The fourth-order valence-corrected chi connectivity index (χ4v) is 1.76. The van der Waals surface area contributed by atoms with E-state index in [9.17, 15) is 9.59 Å². The van der Waals surface area contributed by atoms with E-state index in [1.54, 1.807) is 24.3 Å². The first-order valence-corrected chi connectivity index (χ1v) is 6.39.